The number of rotatable bonds is 5. The summed E-state index contributed by atoms with van der Waals surface area (Å²) in [5.41, 5.74) is 2.26. The zero-order valence-electron chi connectivity index (χ0n) is 11.4. The summed E-state index contributed by atoms with van der Waals surface area (Å²) in [6.07, 6.45) is 0. The van der Waals surface area contributed by atoms with E-state index in [0.717, 1.165) is 10.9 Å². The predicted octanol–water partition coefficient (Wildman–Crippen LogP) is 3.52. The Morgan fingerprint density at radius 1 is 0.952 bits per heavy atom. The second-order valence-corrected chi connectivity index (χ2v) is 5.44. The van der Waals surface area contributed by atoms with Crippen molar-refractivity contribution < 1.29 is 0 Å². The lowest BCUT2D eigenvalue weighted by Gasteiger charge is -2.12. The number of benzene rings is 2. The Morgan fingerprint density at radius 3 is 2.29 bits per heavy atom. The fraction of sp³-hybridized carbons (Fsp3) is 0.188. The lowest BCUT2D eigenvalue weighted by Crippen LogP contribution is -2.13. The smallest absolute Gasteiger partial charge is 0.163 e. The van der Waals surface area contributed by atoms with E-state index in [0.29, 0.717) is 18.3 Å². The molecule has 1 aromatic heterocycles. The molecule has 3 rings (SSSR count). The van der Waals surface area contributed by atoms with E-state index in [9.17, 15) is 0 Å². The first-order valence-corrected chi connectivity index (χ1v) is 7.93. The monoisotopic (exact) mass is 342 g/mol. The van der Waals surface area contributed by atoms with Crippen molar-refractivity contribution in [2.24, 2.45) is 0 Å². The largest absolute Gasteiger partial charge is 0.204 e. The Bertz CT molecular complexity index is 682. The van der Waals surface area contributed by atoms with Crippen LogP contribution in [0.25, 0.3) is 11.4 Å². The molecule has 5 heteroatoms. The van der Waals surface area contributed by atoms with Crippen LogP contribution in [-0.4, -0.2) is 25.5 Å². The van der Waals surface area contributed by atoms with Gasteiger partial charge in [-0.3, -0.25) is 0 Å². The summed E-state index contributed by atoms with van der Waals surface area (Å²) in [6, 6.07) is 20.3. The van der Waals surface area contributed by atoms with Crippen molar-refractivity contribution in [3.63, 3.8) is 0 Å². The quantitative estimate of drug-likeness (QED) is 0.666. The van der Waals surface area contributed by atoms with Gasteiger partial charge in [-0.25, -0.2) is 0 Å². The van der Waals surface area contributed by atoms with E-state index in [1.54, 1.807) is 4.80 Å². The van der Waals surface area contributed by atoms with E-state index in [-0.39, 0.29) is 0 Å². The number of hydrogen-bond acceptors (Lipinski definition) is 3. The maximum absolute atomic E-state index is 4.47. The van der Waals surface area contributed by atoms with Crippen molar-refractivity contribution in [2.75, 3.05) is 5.33 Å². The van der Waals surface area contributed by atoms with Crippen molar-refractivity contribution in [2.45, 2.75) is 12.5 Å². The Balaban J connectivity index is 1.78. The summed E-state index contributed by atoms with van der Waals surface area (Å²) >= 11 is 3.57. The van der Waals surface area contributed by atoms with Crippen molar-refractivity contribution in [3.8, 4) is 11.4 Å². The highest BCUT2D eigenvalue weighted by molar-refractivity contribution is 9.09. The lowest BCUT2D eigenvalue weighted by atomic mass is 10.0. The number of halogens is 1. The molecule has 3 aromatic rings. The minimum absolute atomic E-state index is 0.323. The van der Waals surface area contributed by atoms with Gasteiger partial charge in [0.1, 0.15) is 0 Å². The third kappa shape index (κ3) is 3.36. The number of aromatic nitrogens is 4. The average molecular weight is 343 g/mol. The van der Waals surface area contributed by atoms with Crippen LogP contribution < -0.4 is 0 Å². The van der Waals surface area contributed by atoms with Gasteiger partial charge < -0.3 is 0 Å². The molecule has 0 bridgehead atoms. The first-order chi connectivity index (χ1) is 10.4. The molecular formula is C16H15BrN4. The van der Waals surface area contributed by atoms with Crippen LogP contribution in [-0.2, 0) is 6.54 Å². The van der Waals surface area contributed by atoms with E-state index in [1.807, 2.05) is 36.4 Å². The Hall–Kier alpha value is -2.01. The molecule has 1 atom stereocenters. The Labute approximate surface area is 131 Å². The van der Waals surface area contributed by atoms with E-state index in [2.05, 4.69) is 55.6 Å². The number of nitrogens with zero attached hydrogens (tertiary/aromatic N) is 4. The van der Waals surface area contributed by atoms with Gasteiger partial charge in [0.05, 0.1) is 6.54 Å². The average Bonchev–Trinajstić information content (AvgIpc) is 3.03. The normalized spacial score (nSPS) is 12.2. The number of alkyl halides is 1. The molecule has 1 unspecified atom stereocenters. The zero-order chi connectivity index (χ0) is 14.5. The van der Waals surface area contributed by atoms with Crippen molar-refractivity contribution in [1.82, 2.24) is 20.2 Å². The third-order valence-electron chi connectivity index (χ3n) is 3.33. The van der Waals surface area contributed by atoms with Gasteiger partial charge in [-0.05, 0) is 10.8 Å². The molecule has 0 aliphatic carbocycles. The minimum Gasteiger partial charge on any atom is -0.163 e. The van der Waals surface area contributed by atoms with E-state index < -0.39 is 0 Å². The Kier molecular flexibility index (Phi) is 4.40. The van der Waals surface area contributed by atoms with E-state index in [1.165, 1.54) is 5.56 Å². The van der Waals surface area contributed by atoms with Crippen LogP contribution in [0.5, 0.6) is 0 Å². The van der Waals surface area contributed by atoms with Gasteiger partial charge in [-0.2, -0.15) is 4.80 Å². The fourth-order valence-corrected chi connectivity index (χ4v) is 2.77. The van der Waals surface area contributed by atoms with Gasteiger partial charge in [-0.15, -0.1) is 10.2 Å². The van der Waals surface area contributed by atoms with Crippen LogP contribution in [0, 0.1) is 0 Å². The molecule has 0 N–H and O–H groups in total. The van der Waals surface area contributed by atoms with Gasteiger partial charge in [0, 0.05) is 16.8 Å². The van der Waals surface area contributed by atoms with Crippen LogP contribution in [0.4, 0.5) is 0 Å². The van der Waals surface area contributed by atoms with Gasteiger partial charge >= 0.3 is 0 Å². The summed E-state index contributed by atoms with van der Waals surface area (Å²) in [5, 5.41) is 13.6. The second-order valence-electron chi connectivity index (χ2n) is 4.80. The zero-order valence-corrected chi connectivity index (χ0v) is 13.0. The maximum atomic E-state index is 4.47. The molecule has 1 heterocycles. The minimum atomic E-state index is 0.323. The number of hydrogen-bond donors (Lipinski definition) is 0. The van der Waals surface area contributed by atoms with Crippen molar-refractivity contribution in [3.05, 3.63) is 66.2 Å². The lowest BCUT2D eigenvalue weighted by molar-refractivity contribution is 0.479. The molecule has 0 radical (unpaired) electrons. The van der Waals surface area contributed by atoms with Crippen LogP contribution >= 0.6 is 15.9 Å². The summed E-state index contributed by atoms with van der Waals surface area (Å²) in [7, 11) is 0. The molecule has 0 spiro atoms. The molecule has 106 valence electrons. The van der Waals surface area contributed by atoms with E-state index >= 15 is 0 Å². The van der Waals surface area contributed by atoms with Crippen LogP contribution in [0.3, 0.4) is 0 Å². The molecule has 4 nitrogen and oxygen atoms in total. The molecule has 21 heavy (non-hydrogen) atoms. The van der Waals surface area contributed by atoms with Crippen molar-refractivity contribution >= 4 is 15.9 Å². The highest BCUT2D eigenvalue weighted by atomic mass is 79.9. The number of tetrazole rings is 1. The van der Waals surface area contributed by atoms with Gasteiger partial charge in [-0.1, -0.05) is 76.6 Å². The second kappa shape index (κ2) is 6.63. The molecule has 2 aromatic carbocycles. The van der Waals surface area contributed by atoms with Gasteiger partial charge in [0.15, 0.2) is 0 Å². The Morgan fingerprint density at radius 2 is 1.62 bits per heavy atom. The molecular weight excluding hydrogens is 328 g/mol. The van der Waals surface area contributed by atoms with Gasteiger partial charge in [0.2, 0.25) is 5.82 Å². The van der Waals surface area contributed by atoms with Crippen LogP contribution in [0.1, 0.15) is 11.5 Å². The summed E-state index contributed by atoms with van der Waals surface area (Å²) in [4.78, 5) is 1.67. The van der Waals surface area contributed by atoms with Crippen LogP contribution in [0.15, 0.2) is 60.7 Å². The summed E-state index contributed by atoms with van der Waals surface area (Å²) in [6.45, 7) is 0.703. The summed E-state index contributed by atoms with van der Waals surface area (Å²) < 4.78 is 0. The van der Waals surface area contributed by atoms with Crippen LogP contribution in [0.2, 0.25) is 0 Å². The van der Waals surface area contributed by atoms with Gasteiger partial charge in [0.25, 0.3) is 0 Å². The SMILES string of the molecule is BrCC(Cn1nnc(-c2ccccc2)n1)c1ccccc1. The molecule has 0 saturated heterocycles. The molecule has 0 fully saturated rings. The first kappa shape index (κ1) is 13.9. The third-order valence-corrected chi connectivity index (χ3v) is 4.11. The molecule has 0 saturated carbocycles. The summed E-state index contributed by atoms with van der Waals surface area (Å²) in [5.74, 6) is 0.987. The molecule has 0 amide bonds. The molecule has 0 aliphatic rings. The topological polar surface area (TPSA) is 43.6 Å². The predicted molar refractivity (Wildman–Crippen MR) is 86.2 cm³/mol. The van der Waals surface area contributed by atoms with Crippen molar-refractivity contribution in [1.29, 1.82) is 0 Å². The molecule has 0 aliphatic heterocycles. The standard InChI is InChI=1S/C16H15BrN4/c17-11-15(13-7-3-1-4-8-13)12-21-19-16(18-20-21)14-9-5-2-6-10-14/h1-10,15H,11-12H2. The van der Waals surface area contributed by atoms with E-state index in [4.69, 9.17) is 0 Å². The first-order valence-electron chi connectivity index (χ1n) is 6.81. The highest BCUT2D eigenvalue weighted by Crippen LogP contribution is 2.20. The fourth-order valence-electron chi connectivity index (χ4n) is 2.19. The maximum Gasteiger partial charge on any atom is 0.204 e. The highest BCUT2D eigenvalue weighted by Gasteiger charge is 2.13.